The fraction of sp³-hybridized carbons (Fsp3) is 0.350. The van der Waals surface area contributed by atoms with Gasteiger partial charge in [0, 0.05) is 19.6 Å². The normalized spacial score (nSPS) is 15.3. The minimum atomic E-state index is -3.77. The second-order valence-corrected chi connectivity index (χ2v) is 10.7. The third-order valence-electron chi connectivity index (χ3n) is 4.85. The third-order valence-corrected chi connectivity index (χ3v) is 7.68. The van der Waals surface area contributed by atoms with Crippen molar-refractivity contribution >= 4 is 26.0 Å². The van der Waals surface area contributed by atoms with Gasteiger partial charge in [-0.2, -0.15) is 4.31 Å². The highest BCUT2D eigenvalue weighted by atomic mass is 32.2. The summed E-state index contributed by atoms with van der Waals surface area (Å²) in [5.41, 5.74) is 1.28. The first-order valence-corrected chi connectivity index (χ1v) is 12.8. The summed E-state index contributed by atoms with van der Waals surface area (Å²) in [6.45, 7) is 2.98. The van der Waals surface area contributed by atoms with Gasteiger partial charge in [0.2, 0.25) is 20.0 Å². The van der Waals surface area contributed by atoms with Crippen molar-refractivity contribution in [3.8, 4) is 5.75 Å². The first-order chi connectivity index (χ1) is 15.1. The van der Waals surface area contributed by atoms with Gasteiger partial charge in [0.25, 0.3) is 5.91 Å². The van der Waals surface area contributed by atoms with Crippen LogP contribution in [0, 0.1) is 6.92 Å². The number of sulfonamides is 2. The van der Waals surface area contributed by atoms with Crippen molar-refractivity contribution in [1.82, 2.24) is 9.62 Å². The van der Waals surface area contributed by atoms with Crippen molar-refractivity contribution in [1.29, 1.82) is 0 Å². The average molecular weight is 484 g/mol. The zero-order valence-electron chi connectivity index (χ0n) is 17.5. The van der Waals surface area contributed by atoms with Crippen LogP contribution in [-0.4, -0.2) is 60.0 Å². The Morgan fingerprint density at radius 1 is 1.06 bits per heavy atom. The Morgan fingerprint density at radius 2 is 1.69 bits per heavy atom. The molecule has 3 N–H and O–H groups in total. The molecule has 1 heterocycles. The third kappa shape index (κ3) is 6.04. The van der Waals surface area contributed by atoms with Crippen LogP contribution in [0.15, 0.2) is 52.3 Å². The molecule has 0 spiro atoms. The Balaban J connectivity index is 1.54. The van der Waals surface area contributed by atoms with Gasteiger partial charge in [0.05, 0.1) is 23.0 Å². The van der Waals surface area contributed by atoms with E-state index >= 15 is 0 Å². The number of ether oxygens (including phenoxy) is 2. The van der Waals surface area contributed by atoms with Crippen molar-refractivity contribution in [2.75, 3.05) is 32.9 Å². The molecule has 1 aliphatic heterocycles. The fourth-order valence-electron chi connectivity index (χ4n) is 3.07. The maximum absolute atomic E-state index is 12.7. The number of amides is 1. The van der Waals surface area contributed by atoms with E-state index < -0.39 is 20.0 Å². The Kier molecular flexibility index (Phi) is 7.51. The van der Waals surface area contributed by atoms with E-state index in [4.69, 9.17) is 14.6 Å². The van der Waals surface area contributed by atoms with Crippen LogP contribution in [0.25, 0.3) is 0 Å². The molecular formula is C20H25N3O7S2. The summed E-state index contributed by atoms with van der Waals surface area (Å²) in [6.07, 6.45) is 0. The van der Waals surface area contributed by atoms with Crippen LogP contribution < -0.4 is 15.2 Å². The zero-order valence-corrected chi connectivity index (χ0v) is 19.1. The summed E-state index contributed by atoms with van der Waals surface area (Å²) >= 11 is 0. The van der Waals surface area contributed by atoms with Crippen LogP contribution in [0.3, 0.4) is 0 Å². The van der Waals surface area contributed by atoms with Gasteiger partial charge in [-0.25, -0.2) is 22.0 Å². The van der Waals surface area contributed by atoms with E-state index in [1.165, 1.54) is 34.6 Å². The second-order valence-electron chi connectivity index (χ2n) is 7.20. The second kappa shape index (κ2) is 9.96. The number of morpholine rings is 1. The highest BCUT2D eigenvalue weighted by Crippen LogP contribution is 2.24. The highest BCUT2D eigenvalue weighted by molar-refractivity contribution is 7.89. The van der Waals surface area contributed by atoms with Crippen LogP contribution in [0.5, 0.6) is 5.75 Å². The minimum Gasteiger partial charge on any atom is -0.484 e. The molecule has 0 aromatic heterocycles. The molecule has 0 radical (unpaired) electrons. The summed E-state index contributed by atoms with van der Waals surface area (Å²) in [4.78, 5) is 12.2. The summed E-state index contributed by atoms with van der Waals surface area (Å²) < 4.78 is 60.1. The number of hydrogen-bond donors (Lipinski definition) is 2. The molecule has 174 valence electrons. The Hall–Kier alpha value is -2.51. The van der Waals surface area contributed by atoms with Gasteiger partial charge in [0.15, 0.2) is 6.61 Å². The number of primary sulfonamides is 1. The number of nitrogens with two attached hydrogens (primary N) is 1. The maximum atomic E-state index is 12.7. The van der Waals surface area contributed by atoms with Crippen molar-refractivity contribution in [2.45, 2.75) is 23.3 Å². The van der Waals surface area contributed by atoms with Gasteiger partial charge >= 0.3 is 0 Å². The van der Waals surface area contributed by atoms with Gasteiger partial charge < -0.3 is 14.8 Å². The minimum absolute atomic E-state index is 0.00883. The standard InChI is InChI=1S/C20H25N3O7S2/c1-15-12-18(32(27,28)23-8-10-29-11-9-23)6-7-19(15)30-14-20(24)22-13-16-2-4-17(5-3-16)31(21,25)26/h2-7,12H,8-11,13-14H2,1H3,(H,22,24)(H2,21,25,26). The molecule has 1 fully saturated rings. The van der Waals surface area contributed by atoms with Crippen molar-refractivity contribution < 1.29 is 31.1 Å². The number of nitrogens with one attached hydrogen (secondary N) is 1. The summed E-state index contributed by atoms with van der Waals surface area (Å²) in [6, 6.07) is 10.3. The molecule has 1 aliphatic rings. The number of carbonyl (C=O) groups is 1. The molecule has 2 aromatic rings. The van der Waals surface area contributed by atoms with Crippen molar-refractivity contribution in [2.24, 2.45) is 5.14 Å². The van der Waals surface area contributed by atoms with E-state index in [1.807, 2.05) is 0 Å². The monoisotopic (exact) mass is 483 g/mol. The number of benzene rings is 2. The van der Waals surface area contributed by atoms with E-state index in [1.54, 1.807) is 19.1 Å². The Morgan fingerprint density at radius 3 is 2.28 bits per heavy atom. The lowest BCUT2D eigenvalue weighted by Gasteiger charge is -2.26. The Bertz CT molecular complexity index is 1170. The molecule has 12 heteroatoms. The fourth-order valence-corrected chi connectivity index (χ4v) is 5.08. The van der Waals surface area contributed by atoms with Crippen LogP contribution in [0.2, 0.25) is 0 Å². The lowest BCUT2D eigenvalue weighted by Crippen LogP contribution is -2.40. The van der Waals surface area contributed by atoms with Gasteiger partial charge in [-0.15, -0.1) is 0 Å². The molecule has 0 aliphatic carbocycles. The van der Waals surface area contributed by atoms with Crippen molar-refractivity contribution in [3.05, 3.63) is 53.6 Å². The van der Waals surface area contributed by atoms with Crippen LogP contribution in [0.4, 0.5) is 0 Å². The summed E-state index contributed by atoms with van der Waals surface area (Å²) in [5, 5.41) is 7.72. The maximum Gasteiger partial charge on any atom is 0.258 e. The van der Waals surface area contributed by atoms with E-state index in [-0.39, 0.29) is 28.8 Å². The molecule has 0 saturated carbocycles. The molecule has 1 amide bonds. The van der Waals surface area contributed by atoms with Crippen LogP contribution in [-0.2, 0) is 36.1 Å². The van der Waals surface area contributed by atoms with Gasteiger partial charge in [0.1, 0.15) is 5.75 Å². The van der Waals surface area contributed by atoms with E-state index in [0.29, 0.717) is 43.2 Å². The first-order valence-electron chi connectivity index (χ1n) is 9.77. The number of rotatable bonds is 8. The number of aryl methyl sites for hydroxylation is 1. The SMILES string of the molecule is Cc1cc(S(=O)(=O)N2CCOCC2)ccc1OCC(=O)NCc1ccc(S(N)(=O)=O)cc1. The number of hydrogen-bond acceptors (Lipinski definition) is 7. The number of carbonyl (C=O) groups excluding carboxylic acids is 1. The molecule has 10 nitrogen and oxygen atoms in total. The van der Waals surface area contributed by atoms with Crippen molar-refractivity contribution in [3.63, 3.8) is 0 Å². The molecule has 1 saturated heterocycles. The average Bonchev–Trinajstić information content (AvgIpc) is 2.77. The zero-order chi connectivity index (χ0) is 23.4. The molecular weight excluding hydrogens is 458 g/mol. The largest absolute Gasteiger partial charge is 0.484 e. The molecule has 32 heavy (non-hydrogen) atoms. The molecule has 0 atom stereocenters. The summed E-state index contributed by atoms with van der Waals surface area (Å²) in [7, 11) is -7.38. The smallest absolute Gasteiger partial charge is 0.258 e. The topological polar surface area (TPSA) is 145 Å². The number of nitrogens with zero attached hydrogens (tertiary/aromatic N) is 1. The van der Waals surface area contributed by atoms with Crippen LogP contribution in [0.1, 0.15) is 11.1 Å². The highest BCUT2D eigenvalue weighted by Gasteiger charge is 2.26. The lowest BCUT2D eigenvalue weighted by molar-refractivity contribution is -0.123. The first kappa shape index (κ1) is 24.1. The van der Waals surface area contributed by atoms with Gasteiger partial charge in [-0.3, -0.25) is 4.79 Å². The Labute approximate surface area is 187 Å². The van der Waals surface area contributed by atoms with E-state index in [2.05, 4.69) is 5.32 Å². The quantitative estimate of drug-likeness (QED) is 0.551. The predicted molar refractivity (Wildman–Crippen MR) is 116 cm³/mol. The van der Waals surface area contributed by atoms with Gasteiger partial charge in [-0.05, 0) is 48.4 Å². The van der Waals surface area contributed by atoms with E-state index in [9.17, 15) is 21.6 Å². The molecule has 2 aromatic carbocycles. The van der Waals surface area contributed by atoms with E-state index in [0.717, 1.165) is 0 Å². The van der Waals surface area contributed by atoms with Crippen LogP contribution >= 0.6 is 0 Å². The summed E-state index contributed by atoms with van der Waals surface area (Å²) in [5.74, 6) is 0.0171. The predicted octanol–water partition coefficient (Wildman–Crippen LogP) is 0.359. The molecule has 0 unspecified atom stereocenters. The lowest BCUT2D eigenvalue weighted by atomic mass is 10.2. The van der Waals surface area contributed by atoms with Gasteiger partial charge in [-0.1, -0.05) is 12.1 Å². The molecule has 3 rings (SSSR count). The molecule has 0 bridgehead atoms.